The fourth-order valence-electron chi connectivity index (χ4n) is 2.92. The summed E-state index contributed by atoms with van der Waals surface area (Å²) in [4.78, 5) is 0. The van der Waals surface area contributed by atoms with Gasteiger partial charge in [0, 0.05) is 12.0 Å². The molecule has 1 atom stereocenters. The van der Waals surface area contributed by atoms with Crippen LogP contribution in [-0.2, 0) is 0 Å². The summed E-state index contributed by atoms with van der Waals surface area (Å²) in [5.74, 6) is 0.776. The third-order valence-corrected chi connectivity index (χ3v) is 4.37. The molecular formula is C15H23NO. The molecule has 2 nitrogen and oxygen atoms in total. The standard InChI is InChI=1S/C15H23NO/c1-12-7-9-15(11-16,10-8-12)14(17)13-5-3-2-4-6-13/h2-6,12,14,17H,7-11,16H2,1H3. The Labute approximate surface area is 104 Å². The predicted molar refractivity (Wildman–Crippen MR) is 70.5 cm³/mol. The first kappa shape index (κ1) is 12.6. The van der Waals surface area contributed by atoms with Crippen molar-refractivity contribution in [2.45, 2.75) is 38.7 Å². The lowest BCUT2D eigenvalue weighted by Crippen LogP contribution is -2.39. The van der Waals surface area contributed by atoms with E-state index in [-0.39, 0.29) is 5.41 Å². The minimum absolute atomic E-state index is 0.103. The fourth-order valence-corrected chi connectivity index (χ4v) is 2.92. The first-order valence-electron chi connectivity index (χ1n) is 6.61. The van der Waals surface area contributed by atoms with Crippen molar-refractivity contribution >= 4 is 0 Å². The summed E-state index contributed by atoms with van der Waals surface area (Å²) in [5, 5.41) is 10.6. The second-order valence-electron chi connectivity index (χ2n) is 5.56. The van der Waals surface area contributed by atoms with Crippen LogP contribution in [0.15, 0.2) is 30.3 Å². The van der Waals surface area contributed by atoms with Gasteiger partial charge in [0.2, 0.25) is 0 Å². The highest BCUT2D eigenvalue weighted by Gasteiger charge is 2.39. The van der Waals surface area contributed by atoms with E-state index in [1.54, 1.807) is 0 Å². The Bertz CT molecular complexity index is 341. The summed E-state index contributed by atoms with van der Waals surface area (Å²) in [6, 6.07) is 9.94. The van der Waals surface area contributed by atoms with Crippen molar-refractivity contribution in [2.75, 3.05) is 6.54 Å². The Morgan fingerprint density at radius 2 is 1.88 bits per heavy atom. The van der Waals surface area contributed by atoms with Crippen molar-refractivity contribution in [3.63, 3.8) is 0 Å². The van der Waals surface area contributed by atoms with Crippen LogP contribution >= 0.6 is 0 Å². The number of benzene rings is 1. The Kier molecular flexibility index (Phi) is 3.85. The minimum atomic E-state index is -0.416. The van der Waals surface area contributed by atoms with E-state index in [0.717, 1.165) is 24.3 Å². The lowest BCUT2D eigenvalue weighted by Gasteiger charge is -2.42. The molecule has 1 saturated carbocycles. The Morgan fingerprint density at radius 1 is 1.29 bits per heavy atom. The zero-order valence-electron chi connectivity index (χ0n) is 10.6. The second kappa shape index (κ2) is 5.19. The van der Waals surface area contributed by atoms with Gasteiger partial charge in [-0.2, -0.15) is 0 Å². The van der Waals surface area contributed by atoms with E-state index in [0.29, 0.717) is 6.54 Å². The number of hydrogen-bond acceptors (Lipinski definition) is 2. The van der Waals surface area contributed by atoms with Gasteiger partial charge >= 0.3 is 0 Å². The monoisotopic (exact) mass is 233 g/mol. The van der Waals surface area contributed by atoms with E-state index < -0.39 is 6.10 Å². The summed E-state index contributed by atoms with van der Waals surface area (Å²) in [6.45, 7) is 2.87. The van der Waals surface area contributed by atoms with Crippen LogP contribution in [0, 0.1) is 11.3 Å². The number of nitrogens with two attached hydrogens (primary N) is 1. The Hall–Kier alpha value is -0.860. The molecule has 0 bridgehead atoms. The van der Waals surface area contributed by atoms with Crippen LogP contribution in [0.2, 0.25) is 0 Å². The molecule has 1 fully saturated rings. The van der Waals surface area contributed by atoms with Crippen molar-refractivity contribution in [1.82, 2.24) is 0 Å². The highest BCUT2D eigenvalue weighted by atomic mass is 16.3. The van der Waals surface area contributed by atoms with Crippen molar-refractivity contribution in [3.05, 3.63) is 35.9 Å². The van der Waals surface area contributed by atoms with E-state index in [1.807, 2.05) is 30.3 Å². The predicted octanol–water partition coefficient (Wildman–Crippen LogP) is 2.88. The smallest absolute Gasteiger partial charge is 0.0858 e. The molecule has 2 heteroatoms. The van der Waals surface area contributed by atoms with Crippen molar-refractivity contribution in [1.29, 1.82) is 0 Å². The van der Waals surface area contributed by atoms with E-state index >= 15 is 0 Å². The summed E-state index contributed by atoms with van der Waals surface area (Å²) < 4.78 is 0. The van der Waals surface area contributed by atoms with Gasteiger partial charge in [0.15, 0.2) is 0 Å². The molecule has 0 spiro atoms. The van der Waals surface area contributed by atoms with Gasteiger partial charge in [-0.1, -0.05) is 50.1 Å². The van der Waals surface area contributed by atoms with Crippen LogP contribution < -0.4 is 5.73 Å². The lowest BCUT2D eigenvalue weighted by atomic mass is 9.66. The molecule has 1 aliphatic rings. The van der Waals surface area contributed by atoms with Gasteiger partial charge in [0.05, 0.1) is 6.10 Å². The third-order valence-electron chi connectivity index (χ3n) is 4.37. The zero-order valence-corrected chi connectivity index (χ0v) is 10.6. The molecule has 17 heavy (non-hydrogen) atoms. The SMILES string of the molecule is CC1CCC(CN)(C(O)c2ccccc2)CC1. The maximum Gasteiger partial charge on any atom is 0.0858 e. The maximum atomic E-state index is 10.6. The molecule has 1 aromatic carbocycles. The van der Waals surface area contributed by atoms with Crippen LogP contribution in [0.5, 0.6) is 0 Å². The maximum absolute atomic E-state index is 10.6. The van der Waals surface area contributed by atoms with E-state index in [9.17, 15) is 5.11 Å². The minimum Gasteiger partial charge on any atom is -0.388 e. The summed E-state index contributed by atoms with van der Waals surface area (Å²) in [6.07, 6.45) is 4.03. The topological polar surface area (TPSA) is 46.2 Å². The number of aliphatic hydroxyl groups is 1. The normalized spacial score (nSPS) is 31.1. The quantitative estimate of drug-likeness (QED) is 0.843. The number of aliphatic hydroxyl groups excluding tert-OH is 1. The van der Waals surface area contributed by atoms with Gasteiger partial charge in [-0.15, -0.1) is 0 Å². The second-order valence-corrected chi connectivity index (χ2v) is 5.56. The van der Waals surface area contributed by atoms with E-state index in [4.69, 9.17) is 5.73 Å². The molecule has 1 aliphatic carbocycles. The van der Waals surface area contributed by atoms with Crippen LogP contribution in [-0.4, -0.2) is 11.7 Å². The molecule has 3 N–H and O–H groups in total. The van der Waals surface area contributed by atoms with Gasteiger partial charge < -0.3 is 10.8 Å². The molecule has 0 aromatic heterocycles. The first-order chi connectivity index (χ1) is 8.18. The highest BCUT2D eigenvalue weighted by Crippen LogP contribution is 2.46. The largest absolute Gasteiger partial charge is 0.388 e. The van der Waals surface area contributed by atoms with Crippen LogP contribution in [0.1, 0.15) is 44.3 Å². The molecule has 0 saturated heterocycles. The van der Waals surface area contributed by atoms with Crippen LogP contribution in [0.3, 0.4) is 0 Å². The molecule has 1 aromatic rings. The molecule has 0 aliphatic heterocycles. The van der Waals surface area contributed by atoms with Gasteiger partial charge in [-0.05, 0) is 24.3 Å². The molecule has 2 rings (SSSR count). The number of rotatable bonds is 3. The average molecular weight is 233 g/mol. The summed E-state index contributed by atoms with van der Waals surface area (Å²) in [5.41, 5.74) is 6.87. The molecule has 0 amide bonds. The van der Waals surface area contributed by atoms with Gasteiger partial charge in [0.25, 0.3) is 0 Å². The average Bonchev–Trinajstić information content (AvgIpc) is 2.40. The van der Waals surface area contributed by atoms with Crippen LogP contribution in [0.4, 0.5) is 0 Å². The fraction of sp³-hybridized carbons (Fsp3) is 0.600. The van der Waals surface area contributed by atoms with E-state index in [1.165, 1.54) is 12.8 Å². The molecular weight excluding hydrogens is 210 g/mol. The molecule has 0 radical (unpaired) electrons. The third kappa shape index (κ3) is 2.53. The Balaban J connectivity index is 2.18. The van der Waals surface area contributed by atoms with Gasteiger partial charge in [0.1, 0.15) is 0 Å². The lowest BCUT2D eigenvalue weighted by molar-refractivity contribution is -0.00818. The first-order valence-corrected chi connectivity index (χ1v) is 6.61. The number of hydrogen-bond donors (Lipinski definition) is 2. The molecule has 94 valence electrons. The van der Waals surface area contributed by atoms with Gasteiger partial charge in [-0.25, -0.2) is 0 Å². The molecule has 1 unspecified atom stereocenters. The van der Waals surface area contributed by atoms with Crippen LogP contribution in [0.25, 0.3) is 0 Å². The van der Waals surface area contributed by atoms with E-state index in [2.05, 4.69) is 6.92 Å². The summed E-state index contributed by atoms with van der Waals surface area (Å²) in [7, 11) is 0. The molecule has 0 heterocycles. The summed E-state index contributed by atoms with van der Waals surface area (Å²) >= 11 is 0. The van der Waals surface area contributed by atoms with Crippen molar-refractivity contribution < 1.29 is 5.11 Å². The van der Waals surface area contributed by atoms with Crippen molar-refractivity contribution in [2.24, 2.45) is 17.1 Å². The van der Waals surface area contributed by atoms with Crippen molar-refractivity contribution in [3.8, 4) is 0 Å². The van der Waals surface area contributed by atoms with Gasteiger partial charge in [-0.3, -0.25) is 0 Å². The highest BCUT2D eigenvalue weighted by molar-refractivity contribution is 5.20. The Morgan fingerprint density at radius 3 is 2.41 bits per heavy atom. The zero-order chi connectivity index (χ0) is 12.3.